The number of nitrogens with one attached hydrogen (secondary N) is 1. The van der Waals surface area contributed by atoms with Gasteiger partial charge in [-0.25, -0.2) is 8.42 Å². The molecule has 7 heteroatoms. The number of hydrogen-bond donors (Lipinski definition) is 2. The average molecular weight is 331 g/mol. The maximum atomic E-state index is 12.1. The first-order valence-corrected chi connectivity index (χ1v) is 8.40. The Morgan fingerprint density at radius 3 is 2.19 bits per heavy atom. The molecule has 0 radical (unpaired) electrons. The summed E-state index contributed by atoms with van der Waals surface area (Å²) in [5.41, 5.74) is 1.03. The Labute approximate surface area is 151 Å². The van der Waals surface area contributed by atoms with Crippen LogP contribution in [0.5, 0.6) is 0 Å². The molecule has 0 saturated carbocycles. The van der Waals surface area contributed by atoms with Crippen molar-refractivity contribution in [2.45, 2.75) is 11.4 Å². The molecule has 21 heavy (non-hydrogen) atoms. The summed E-state index contributed by atoms with van der Waals surface area (Å²) in [5, 5.41) is 2.69. The van der Waals surface area contributed by atoms with Crippen molar-refractivity contribution in [2.75, 3.05) is 0 Å². The molecule has 0 fully saturated rings. The fraction of sp³-hybridized carbons (Fsp3) is 0.0714. The van der Waals surface area contributed by atoms with Crippen molar-refractivity contribution in [2.24, 2.45) is 0 Å². The molecule has 0 aliphatic heterocycles. The number of amides is 1. The van der Waals surface area contributed by atoms with Crippen LogP contribution in [0.4, 0.5) is 0 Å². The SMILES string of the molecule is O=C(NCc1ccccc1)c1ccccc1S(=O)(=O)S.[NaH]. The minimum atomic E-state index is -3.73. The molecule has 106 valence electrons. The first-order chi connectivity index (χ1) is 9.48. The molecule has 0 aliphatic carbocycles. The van der Waals surface area contributed by atoms with Gasteiger partial charge in [0.2, 0.25) is 8.87 Å². The van der Waals surface area contributed by atoms with Crippen LogP contribution in [0, 0.1) is 0 Å². The number of hydrogen-bond acceptors (Lipinski definition) is 3. The molecule has 0 aromatic heterocycles. The van der Waals surface area contributed by atoms with Gasteiger partial charge in [0.05, 0.1) is 10.5 Å². The molecule has 1 amide bonds. The molecule has 2 aromatic rings. The summed E-state index contributed by atoms with van der Waals surface area (Å²) in [7, 11) is -3.73. The predicted molar refractivity (Wildman–Crippen MR) is 87.4 cm³/mol. The van der Waals surface area contributed by atoms with Crippen LogP contribution in [-0.2, 0) is 15.4 Å². The van der Waals surface area contributed by atoms with E-state index in [-0.39, 0.29) is 40.0 Å². The van der Waals surface area contributed by atoms with E-state index in [0.717, 1.165) is 5.56 Å². The zero-order valence-electron chi connectivity index (χ0n) is 10.5. The quantitative estimate of drug-likeness (QED) is 0.508. The van der Waals surface area contributed by atoms with Gasteiger partial charge in [-0.15, -0.1) is 0 Å². The van der Waals surface area contributed by atoms with Gasteiger partial charge in [-0.2, -0.15) is 0 Å². The molecule has 0 spiro atoms. The van der Waals surface area contributed by atoms with E-state index in [4.69, 9.17) is 0 Å². The fourth-order valence-electron chi connectivity index (χ4n) is 1.75. The van der Waals surface area contributed by atoms with Crippen LogP contribution in [0.25, 0.3) is 0 Å². The Morgan fingerprint density at radius 2 is 1.57 bits per heavy atom. The van der Waals surface area contributed by atoms with Crippen LogP contribution in [0.15, 0.2) is 59.5 Å². The van der Waals surface area contributed by atoms with Crippen LogP contribution < -0.4 is 5.32 Å². The second-order valence-corrected chi connectivity index (χ2v) is 6.97. The molecule has 0 unspecified atom stereocenters. The zero-order chi connectivity index (χ0) is 14.6. The van der Waals surface area contributed by atoms with Gasteiger partial charge in [0.25, 0.3) is 5.91 Å². The molecule has 0 bridgehead atoms. The van der Waals surface area contributed by atoms with E-state index >= 15 is 0 Å². The van der Waals surface area contributed by atoms with E-state index in [9.17, 15) is 13.2 Å². The number of thiol groups is 1. The first-order valence-electron chi connectivity index (χ1n) is 5.87. The molecule has 0 saturated heterocycles. The van der Waals surface area contributed by atoms with Gasteiger partial charge in [-0.05, 0) is 29.4 Å². The van der Waals surface area contributed by atoms with Crippen molar-refractivity contribution in [1.29, 1.82) is 0 Å². The minimum absolute atomic E-state index is 0. The molecule has 0 heterocycles. The molecule has 2 rings (SSSR count). The third-order valence-electron chi connectivity index (χ3n) is 2.71. The van der Waals surface area contributed by atoms with Gasteiger partial charge in [-0.3, -0.25) is 4.79 Å². The molecule has 0 atom stereocenters. The summed E-state index contributed by atoms with van der Waals surface area (Å²) in [5.74, 6) is -0.443. The fourth-order valence-corrected chi connectivity index (χ4v) is 2.92. The van der Waals surface area contributed by atoms with Gasteiger partial charge < -0.3 is 5.32 Å². The average Bonchev–Trinajstić information content (AvgIpc) is 2.45. The third-order valence-corrected chi connectivity index (χ3v) is 4.21. The van der Waals surface area contributed by atoms with Gasteiger partial charge in [0.1, 0.15) is 0 Å². The van der Waals surface area contributed by atoms with Crippen molar-refractivity contribution < 1.29 is 13.2 Å². The Bertz CT molecular complexity index is 718. The Balaban J connectivity index is 0.00000220. The van der Waals surface area contributed by atoms with Gasteiger partial charge >= 0.3 is 29.6 Å². The van der Waals surface area contributed by atoms with E-state index in [1.54, 1.807) is 12.1 Å². The molecule has 2 aromatic carbocycles. The molecular weight excluding hydrogens is 317 g/mol. The summed E-state index contributed by atoms with van der Waals surface area (Å²) < 4.78 is 23.0. The maximum absolute atomic E-state index is 12.1. The molecule has 1 N–H and O–H groups in total. The van der Waals surface area contributed by atoms with E-state index in [1.807, 2.05) is 30.3 Å². The normalized spacial score (nSPS) is 10.5. The number of rotatable bonds is 4. The van der Waals surface area contributed by atoms with Crippen molar-refractivity contribution in [3.8, 4) is 0 Å². The Hall–Kier alpha value is -0.790. The standard InChI is InChI=1S/C14H13NO3S2.Na.H/c16-14(15-10-11-6-2-1-3-7-11)12-8-4-5-9-13(12)20(17,18)19;;/h1-9H,10H2,(H,15,16)(H,17,18,19);;. The zero-order valence-corrected chi connectivity index (χ0v) is 12.2. The van der Waals surface area contributed by atoms with E-state index in [2.05, 4.69) is 17.0 Å². The Morgan fingerprint density at radius 1 is 1.00 bits per heavy atom. The van der Waals surface area contributed by atoms with Crippen molar-refractivity contribution in [1.82, 2.24) is 5.32 Å². The third kappa shape index (κ3) is 5.16. The monoisotopic (exact) mass is 331 g/mol. The van der Waals surface area contributed by atoms with E-state index in [0.29, 0.717) is 6.54 Å². The van der Waals surface area contributed by atoms with Crippen LogP contribution in [0.3, 0.4) is 0 Å². The van der Waals surface area contributed by atoms with E-state index < -0.39 is 14.8 Å². The Kier molecular flexibility index (Phi) is 6.96. The van der Waals surface area contributed by atoms with Crippen LogP contribution in [-0.4, -0.2) is 43.9 Å². The van der Waals surface area contributed by atoms with Gasteiger partial charge in [0.15, 0.2) is 0 Å². The predicted octanol–water partition coefficient (Wildman–Crippen LogP) is 1.59. The summed E-state index contributed by atoms with van der Waals surface area (Å²) in [6, 6.07) is 15.4. The van der Waals surface area contributed by atoms with E-state index in [1.165, 1.54) is 12.1 Å². The van der Waals surface area contributed by atoms with Crippen LogP contribution in [0.2, 0.25) is 0 Å². The molecule has 4 nitrogen and oxygen atoms in total. The van der Waals surface area contributed by atoms with Gasteiger partial charge in [0, 0.05) is 6.54 Å². The number of carbonyl (C=O) groups is 1. The second kappa shape index (κ2) is 8.00. The number of benzene rings is 2. The summed E-state index contributed by atoms with van der Waals surface area (Å²) >= 11 is 3.54. The van der Waals surface area contributed by atoms with Crippen molar-refractivity contribution in [3.05, 3.63) is 65.7 Å². The molecule has 0 aliphatic rings. The van der Waals surface area contributed by atoms with Crippen molar-refractivity contribution in [3.63, 3.8) is 0 Å². The molecular formula is C14H14NNaO3S2. The first kappa shape index (κ1) is 18.3. The van der Waals surface area contributed by atoms with Gasteiger partial charge in [-0.1, -0.05) is 42.5 Å². The second-order valence-electron chi connectivity index (χ2n) is 4.14. The number of carbonyl (C=O) groups excluding carboxylic acids is 1. The summed E-state index contributed by atoms with van der Waals surface area (Å²) in [4.78, 5) is 12.0. The summed E-state index contributed by atoms with van der Waals surface area (Å²) in [6.45, 7) is 0.334. The van der Waals surface area contributed by atoms with Crippen LogP contribution in [0.1, 0.15) is 15.9 Å². The summed E-state index contributed by atoms with van der Waals surface area (Å²) in [6.07, 6.45) is 0. The topological polar surface area (TPSA) is 63.2 Å². The van der Waals surface area contributed by atoms with Crippen LogP contribution >= 0.6 is 11.7 Å². The van der Waals surface area contributed by atoms with Crippen molar-refractivity contribution >= 4 is 56.0 Å².